The minimum absolute atomic E-state index is 0.170. The molecule has 0 nitrogen and oxygen atoms in total. The molecule has 1 rings (SSSR count). The van der Waals surface area contributed by atoms with E-state index in [2.05, 4.69) is 45.9 Å². The molecule has 0 unspecified atom stereocenters. The molecule has 0 spiro atoms. The lowest BCUT2D eigenvalue weighted by molar-refractivity contribution is 0.577. The second-order valence-corrected chi connectivity index (χ2v) is 4.61. The summed E-state index contributed by atoms with van der Waals surface area (Å²) >= 11 is 5.34. The summed E-state index contributed by atoms with van der Waals surface area (Å²) in [5.41, 5.74) is 2.65. The normalized spacial score (nSPS) is 11.7. The van der Waals surface area contributed by atoms with Crippen LogP contribution in [0.3, 0.4) is 0 Å². The van der Waals surface area contributed by atoms with Gasteiger partial charge >= 0.3 is 0 Å². The van der Waals surface area contributed by atoms with Gasteiger partial charge in [-0.2, -0.15) is 0 Å². The van der Waals surface area contributed by atoms with E-state index in [9.17, 15) is 0 Å². The fraction of sp³-hybridized carbons (Fsp3) is 0.455. The number of hydrogen-bond acceptors (Lipinski definition) is 0. The summed E-state index contributed by atoms with van der Waals surface area (Å²) in [7, 11) is 0. The minimum atomic E-state index is 0.170. The summed E-state index contributed by atoms with van der Waals surface area (Å²) in [4.78, 5) is 1.02. The Kier molecular flexibility index (Phi) is 2.43. The Morgan fingerprint density at radius 1 is 1.17 bits per heavy atom. The van der Waals surface area contributed by atoms with E-state index >= 15 is 0 Å². The molecule has 0 aliphatic carbocycles. The second-order valence-electron chi connectivity index (χ2n) is 4.20. The average Bonchev–Trinajstić information content (AvgIpc) is 1.92. The molecule has 0 saturated carbocycles. The molecule has 0 fully saturated rings. The quantitative estimate of drug-likeness (QED) is 0.567. The topological polar surface area (TPSA) is 0 Å². The highest BCUT2D eigenvalue weighted by molar-refractivity contribution is 7.80. The van der Waals surface area contributed by atoms with Crippen LogP contribution in [0.15, 0.2) is 23.1 Å². The summed E-state index contributed by atoms with van der Waals surface area (Å²) in [5.74, 6) is 0. The average molecular weight is 179 g/mol. The molecule has 0 saturated heterocycles. The van der Waals surface area contributed by atoms with Crippen LogP contribution in [0.4, 0.5) is 0 Å². The molecule has 1 aromatic rings. The van der Waals surface area contributed by atoms with Gasteiger partial charge in [-0.3, -0.25) is 0 Å². The molecule has 0 amide bonds. The fourth-order valence-electron chi connectivity index (χ4n) is 1.24. The van der Waals surface area contributed by atoms with Crippen LogP contribution in [0.2, 0.25) is 0 Å². The first-order valence-corrected chi connectivity index (χ1v) is 4.61. The van der Waals surface area contributed by atoms with Crippen molar-refractivity contribution < 1.29 is 0 Å². The van der Waals surface area contributed by atoms with E-state index in [4.69, 9.17) is 12.6 Å². The van der Waals surface area contributed by atoms with Crippen molar-refractivity contribution in [2.24, 2.45) is 0 Å². The molecule has 0 aromatic heterocycles. The first kappa shape index (κ1) is 9.53. The largest absolute Gasteiger partial charge is 0.0795 e. The first-order chi connectivity index (χ1) is 5.43. The zero-order valence-corrected chi connectivity index (χ0v) is 8.96. The zero-order chi connectivity index (χ0) is 9.35. The van der Waals surface area contributed by atoms with Gasteiger partial charge in [0.2, 0.25) is 0 Å². The van der Waals surface area contributed by atoms with Crippen molar-refractivity contribution in [2.45, 2.75) is 38.0 Å². The molecule has 65 valence electrons. The van der Waals surface area contributed by atoms with Crippen LogP contribution in [0.25, 0.3) is 0 Å². The zero-order valence-electron chi connectivity index (χ0n) is 8.14. The first-order valence-electron chi connectivity index (χ1n) is 4.20. The maximum Gasteiger partial charge on any atom is 0.0443 e. The van der Waals surface area contributed by atoms with Gasteiger partial charge < -0.3 is 0 Å². The van der Waals surface area contributed by atoms with Gasteiger partial charge in [-0.15, -0.1) is 0 Å². The van der Waals surface area contributed by atoms with E-state index in [1.165, 1.54) is 11.1 Å². The molecule has 1 radical (unpaired) electrons. The van der Waals surface area contributed by atoms with Gasteiger partial charge in [0.25, 0.3) is 0 Å². The molecule has 0 heterocycles. The Labute approximate surface area is 80.4 Å². The van der Waals surface area contributed by atoms with Gasteiger partial charge in [-0.1, -0.05) is 51.6 Å². The molecular weight excluding hydrogens is 164 g/mol. The van der Waals surface area contributed by atoms with Crippen LogP contribution in [0.5, 0.6) is 0 Å². The lowest BCUT2D eigenvalue weighted by Gasteiger charge is -2.21. The summed E-state index contributed by atoms with van der Waals surface area (Å²) in [6.07, 6.45) is 0. The van der Waals surface area contributed by atoms with Crippen LogP contribution in [-0.4, -0.2) is 0 Å². The summed E-state index contributed by atoms with van der Waals surface area (Å²) in [6, 6.07) is 6.26. The van der Waals surface area contributed by atoms with Crippen molar-refractivity contribution in [3.05, 3.63) is 29.3 Å². The minimum Gasteiger partial charge on any atom is -0.0795 e. The fourth-order valence-corrected chi connectivity index (χ4v) is 1.69. The Morgan fingerprint density at radius 2 is 1.75 bits per heavy atom. The molecular formula is C11H15S. The number of benzene rings is 1. The predicted molar refractivity (Wildman–Crippen MR) is 55.7 cm³/mol. The van der Waals surface area contributed by atoms with Crippen LogP contribution in [0, 0.1) is 6.92 Å². The molecule has 0 atom stereocenters. The third-order valence-electron chi connectivity index (χ3n) is 2.02. The summed E-state index contributed by atoms with van der Waals surface area (Å²) in [5, 5.41) is 0. The Balaban J connectivity index is 3.26. The van der Waals surface area contributed by atoms with E-state index in [-0.39, 0.29) is 5.41 Å². The smallest absolute Gasteiger partial charge is 0.0443 e. The van der Waals surface area contributed by atoms with Crippen molar-refractivity contribution in [1.82, 2.24) is 0 Å². The monoisotopic (exact) mass is 179 g/mol. The predicted octanol–water partition coefficient (Wildman–Crippen LogP) is 3.85. The SMILES string of the molecule is Cc1cccc(C(C)(C)C)c1[S]. The Morgan fingerprint density at radius 3 is 2.17 bits per heavy atom. The summed E-state index contributed by atoms with van der Waals surface area (Å²) in [6.45, 7) is 8.64. The maximum atomic E-state index is 5.34. The lowest BCUT2D eigenvalue weighted by Crippen LogP contribution is -2.12. The van der Waals surface area contributed by atoms with E-state index in [1.54, 1.807) is 0 Å². The van der Waals surface area contributed by atoms with Crippen molar-refractivity contribution in [2.75, 3.05) is 0 Å². The van der Waals surface area contributed by atoms with Gasteiger partial charge in [0.15, 0.2) is 0 Å². The molecule has 0 aliphatic heterocycles. The van der Waals surface area contributed by atoms with Crippen molar-refractivity contribution in [3.63, 3.8) is 0 Å². The van der Waals surface area contributed by atoms with E-state index in [1.807, 2.05) is 0 Å². The molecule has 0 N–H and O–H groups in total. The summed E-state index contributed by atoms with van der Waals surface area (Å²) < 4.78 is 0. The van der Waals surface area contributed by atoms with Gasteiger partial charge in [-0.05, 0) is 23.5 Å². The van der Waals surface area contributed by atoms with E-state index in [0.29, 0.717) is 0 Å². The van der Waals surface area contributed by atoms with Gasteiger partial charge in [0.05, 0.1) is 0 Å². The molecule has 1 aromatic carbocycles. The molecule has 12 heavy (non-hydrogen) atoms. The third kappa shape index (κ3) is 1.78. The standard InChI is InChI=1S/C11H15S/c1-8-6-5-7-9(10(8)12)11(2,3)4/h5-7H,1-4H3. The lowest BCUT2D eigenvalue weighted by atomic mass is 9.86. The highest BCUT2D eigenvalue weighted by Crippen LogP contribution is 2.29. The van der Waals surface area contributed by atoms with E-state index < -0.39 is 0 Å². The van der Waals surface area contributed by atoms with Crippen molar-refractivity contribution >= 4 is 12.6 Å². The highest BCUT2D eigenvalue weighted by Gasteiger charge is 2.17. The van der Waals surface area contributed by atoms with Gasteiger partial charge in [0, 0.05) is 4.90 Å². The van der Waals surface area contributed by atoms with Crippen LogP contribution >= 0.6 is 12.6 Å². The molecule has 0 aliphatic rings. The maximum absolute atomic E-state index is 5.34. The number of rotatable bonds is 0. The molecule has 0 bridgehead atoms. The van der Waals surface area contributed by atoms with Crippen molar-refractivity contribution in [3.8, 4) is 0 Å². The van der Waals surface area contributed by atoms with E-state index in [0.717, 1.165) is 4.90 Å². The Bertz CT molecular complexity index is 282. The van der Waals surface area contributed by atoms with Gasteiger partial charge in [0.1, 0.15) is 0 Å². The Hall–Kier alpha value is -0.560. The van der Waals surface area contributed by atoms with Crippen LogP contribution in [-0.2, 0) is 5.41 Å². The van der Waals surface area contributed by atoms with Crippen LogP contribution < -0.4 is 0 Å². The molecule has 1 heteroatoms. The highest BCUT2D eigenvalue weighted by atomic mass is 32.1. The second kappa shape index (κ2) is 3.06. The van der Waals surface area contributed by atoms with Crippen LogP contribution in [0.1, 0.15) is 31.9 Å². The number of aryl methyl sites for hydroxylation is 1. The number of hydrogen-bond donors (Lipinski definition) is 0. The van der Waals surface area contributed by atoms with Gasteiger partial charge in [-0.25, -0.2) is 0 Å². The third-order valence-corrected chi connectivity index (χ3v) is 2.56. The van der Waals surface area contributed by atoms with Crippen molar-refractivity contribution in [1.29, 1.82) is 0 Å².